The Hall–Kier alpha value is -3.74. The molecule has 0 aliphatic heterocycles. The van der Waals surface area contributed by atoms with Crippen LogP contribution in [0.2, 0.25) is 0 Å². The average Bonchev–Trinajstić information content (AvgIpc) is 3.27. The largest absolute Gasteiger partial charge is 0.494 e. The number of aryl methyl sites for hydroxylation is 2. The highest BCUT2D eigenvalue weighted by atomic mass is 79.9. The lowest BCUT2D eigenvalue weighted by Gasteiger charge is -2.19. The molecule has 6 heteroatoms. The van der Waals surface area contributed by atoms with Crippen LogP contribution in [0.15, 0.2) is 118 Å². The molecule has 5 aromatic carbocycles. The average molecular weight is 941 g/mol. The number of halogens is 2. The van der Waals surface area contributed by atoms with Crippen LogP contribution in [0.3, 0.4) is 0 Å². The third-order valence-electron chi connectivity index (χ3n) is 11.0. The molecule has 0 spiro atoms. The van der Waals surface area contributed by atoms with Gasteiger partial charge in [-0.1, -0.05) is 133 Å². The smallest absolute Gasteiger partial charge is 0.128 e. The summed E-state index contributed by atoms with van der Waals surface area (Å²) in [4.78, 5) is 0. The van der Waals surface area contributed by atoms with Gasteiger partial charge in [0.05, 0.1) is 26.4 Å². The van der Waals surface area contributed by atoms with Crippen LogP contribution in [0, 0.1) is 0 Å². The molecule has 60 heavy (non-hydrogen) atoms. The van der Waals surface area contributed by atoms with Crippen molar-refractivity contribution in [1.82, 2.24) is 0 Å². The monoisotopic (exact) mass is 938 g/mol. The van der Waals surface area contributed by atoms with Crippen molar-refractivity contribution in [1.29, 1.82) is 0 Å². The Balaban J connectivity index is 1.27. The van der Waals surface area contributed by atoms with Crippen LogP contribution in [-0.4, -0.2) is 26.4 Å². The van der Waals surface area contributed by atoms with E-state index in [0.29, 0.717) is 13.2 Å². The van der Waals surface area contributed by atoms with E-state index in [0.717, 1.165) is 132 Å². The van der Waals surface area contributed by atoms with Gasteiger partial charge in [-0.25, -0.2) is 0 Å². The van der Waals surface area contributed by atoms with Crippen LogP contribution >= 0.6 is 31.9 Å². The maximum absolute atomic E-state index is 6.73. The Morgan fingerprint density at radius 3 is 1.03 bits per heavy atom. The first-order valence-corrected chi connectivity index (χ1v) is 24.5. The minimum absolute atomic E-state index is 0.665. The molecular formula is C54H68Br2O4. The number of unbranched alkanes of at least 4 members (excludes halogenated alkanes) is 12. The molecule has 0 saturated carbocycles. The number of rotatable bonds is 30. The van der Waals surface area contributed by atoms with E-state index in [-0.39, 0.29) is 0 Å². The van der Waals surface area contributed by atoms with Gasteiger partial charge in [-0.3, -0.25) is 0 Å². The fourth-order valence-electron chi connectivity index (χ4n) is 7.39. The van der Waals surface area contributed by atoms with Crippen molar-refractivity contribution in [3.05, 3.63) is 129 Å². The second-order valence-electron chi connectivity index (χ2n) is 16.0. The van der Waals surface area contributed by atoms with Crippen LogP contribution in [0.25, 0.3) is 22.3 Å². The molecule has 0 aliphatic carbocycles. The number of benzene rings is 5. The Labute approximate surface area is 379 Å². The first-order valence-electron chi connectivity index (χ1n) is 22.9. The molecule has 0 atom stereocenters. The number of hydrogen-bond donors (Lipinski definition) is 0. The van der Waals surface area contributed by atoms with Crippen LogP contribution in [0.5, 0.6) is 23.0 Å². The fourth-order valence-corrected chi connectivity index (χ4v) is 7.91. The molecule has 0 aromatic heterocycles. The molecule has 0 aliphatic rings. The van der Waals surface area contributed by atoms with Crippen LogP contribution in [0.4, 0.5) is 0 Å². The third-order valence-corrected chi connectivity index (χ3v) is 12.1. The molecule has 0 heterocycles. The summed E-state index contributed by atoms with van der Waals surface area (Å²) in [5, 5.41) is 0. The predicted molar refractivity (Wildman–Crippen MR) is 260 cm³/mol. The first kappa shape index (κ1) is 47.3. The van der Waals surface area contributed by atoms with Crippen molar-refractivity contribution in [2.75, 3.05) is 26.4 Å². The Kier molecular flexibility index (Phi) is 22.1. The van der Waals surface area contributed by atoms with E-state index in [4.69, 9.17) is 18.9 Å². The SMILES string of the molecule is CCCCCCc1ccc(-c2cc(OCCCCCCOc3ccc(Br)cc3)c(-c3ccc(CCCCCC)cc3)cc2OCCCCCCOc2ccc(Br)cc2)cc1. The lowest BCUT2D eigenvalue weighted by atomic mass is 9.95. The molecule has 0 bridgehead atoms. The molecule has 0 unspecified atom stereocenters. The Morgan fingerprint density at radius 1 is 0.350 bits per heavy atom. The topological polar surface area (TPSA) is 36.9 Å². The minimum atomic E-state index is 0.665. The molecule has 0 N–H and O–H groups in total. The number of ether oxygens (including phenoxy) is 4. The number of hydrogen-bond acceptors (Lipinski definition) is 4. The summed E-state index contributed by atoms with van der Waals surface area (Å²) in [6, 6.07) is 38.9. The van der Waals surface area contributed by atoms with Crippen LogP contribution in [-0.2, 0) is 12.8 Å². The normalized spacial score (nSPS) is 11.1. The third kappa shape index (κ3) is 17.3. The zero-order valence-electron chi connectivity index (χ0n) is 36.3. The predicted octanol–water partition coefficient (Wildman–Crippen LogP) is 16.8. The van der Waals surface area contributed by atoms with E-state index in [2.05, 4.69) is 106 Å². The van der Waals surface area contributed by atoms with Gasteiger partial charge in [0, 0.05) is 20.1 Å². The van der Waals surface area contributed by atoms with Crippen molar-refractivity contribution in [2.24, 2.45) is 0 Å². The zero-order valence-corrected chi connectivity index (χ0v) is 39.5. The summed E-state index contributed by atoms with van der Waals surface area (Å²) in [5.41, 5.74) is 7.30. The van der Waals surface area contributed by atoms with Gasteiger partial charge < -0.3 is 18.9 Å². The molecule has 5 rings (SSSR count). The Morgan fingerprint density at radius 2 is 0.683 bits per heavy atom. The lowest BCUT2D eigenvalue weighted by molar-refractivity contribution is 0.284. The van der Waals surface area contributed by atoms with Crippen molar-refractivity contribution in [2.45, 2.75) is 129 Å². The highest BCUT2D eigenvalue weighted by Crippen LogP contribution is 2.42. The van der Waals surface area contributed by atoms with Gasteiger partial charge in [0.25, 0.3) is 0 Å². The summed E-state index contributed by atoms with van der Waals surface area (Å²) >= 11 is 6.99. The maximum atomic E-state index is 6.73. The molecule has 322 valence electrons. The van der Waals surface area contributed by atoms with Crippen molar-refractivity contribution >= 4 is 31.9 Å². The summed E-state index contributed by atoms with van der Waals surface area (Å²) in [6.45, 7) is 7.32. The van der Waals surface area contributed by atoms with Gasteiger partial charge in [0.15, 0.2) is 0 Å². The lowest BCUT2D eigenvalue weighted by Crippen LogP contribution is -2.04. The summed E-state index contributed by atoms with van der Waals surface area (Å²) < 4.78 is 27.5. The zero-order chi connectivity index (χ0) is 42.0. The Bertz CT molecular complexity index is 1750. The van der Waals surface area contributed by atoms with Crippen LogP contribution < -0.4 is 18.9 Å². The van der Waals surface area contributed by atoms with Crippen molar-refractivity contribution in [3.63, 3.8) is 0 Å². The summed E-state index contributed by atoms with van der Waals surface area (Å²) in [7, 11) is 0. The van der Waals surface area contributed by atoms with Crippen molar-refractivity contribution in [3.8, 4) is 45.3 Å². The highest BCUT2D eigenvalue weighted by Gasteiger charge is 2.16. The van der Waals surface area contributed by atoms with E-state index in [9.17, 15) is 0 Å². The molecule has 0 amide bonds. The van der Waals surface area contributed by atoms with Gasteiger partial charge in [-0.2, -0.15) is 0 Å². The van der Waals surface area contributed by atoms with Gasteiger partial charge in [0.2, 0.25) is 0 Å². The van der Waals surface area contributed by atoms with Gasteiger partial charge >= 0.3 is 0 Å². The molecule has 0 fully saturated rings. The van der Waals surface area contributed by atoms with E-state index >= 15 is 0 Å². The van der Waals surface area contributed by atoms with Crippen LogP contribution in [0.1, 0.15) is 128 Å². The van der Waals surface area contributed by atoms with Gasteiger partial charge in [-0.05, 0) is 160 Å². The fraction of sp³-hybridized carbons (Fsp3) is 0.444. The maximum Gasteiger partial charge on any atom is 0.128 e. The molecule has 5 aromatic rings. The van der Waals surface area contributed by atoms with Gasteiger partial charge in [0.1, 0.15) is 23.0 Å². The summed E-state index contributed by atoms with van der Waals surface area (Å²) in [5.74, 6) is 3.67. The quantitative estimate of drug-likeness (QED) is 0.0430. The highest BCUT2D eigenvalue weighted by molar-refractivity contribution is 9.10. The second-order valence-corrected chi connectivity index (χ2v) is 17.8. The standard InChI is InChI=1S/C54H68Br2O4/c1-3-5-7-13-19-43-21-25-45(26-22-43)51-41-54(60-40-18-12-10-16-38-58-50-35-31-48(56)32-36-50)52(46-27-23-44(24-28-46)20-14-8-6-4-2)42-53(51)59-39-17-11-9-15-37-57-49-33-29-47(55)30-34-49/h21-36,41-42H,3-20,37-40H2,1-2H3. The van der Waals surface area contributed by atoms with Crippen molar-refractivity contribution < 1.29 is 18.9 Å². The van der Waals surface area contributed by atoms with E-state index in [1.807, 2.05) is 48.5 Å². The summed E-state index contributed by atoms with van der Waals surface area (Å²) in [6.07, 6.45) is 20.8. The molecule has 4 nitrogen and oxygen atoms in total. The van der Waals surface area contributed by atoms with E-state index < -0.39 is 0 Å². The molecular weight excluding hydrogens is 872 g/mol. The first-order chi connectivity index (χ1) is 29.5. The molecule has 0 saturated heterocycles. The minimum Gasteiger partial charge on any atom is -0.494 e. The van der Waals surface area contributed by atoms with E-state index in [1.165, 1.54) is 62.5 Å². The molecule has 0 radical (unpaired) electrons. The van der Waals surface area contributed by atoms with Gasteiger partial charge in [-0.15, -0.1) is 0 Å². The second kappa shape index (κ2) is 28.0. The van der Waals surface area contributed by atoms with E-state index in [1.54, 1.807) is 0 Å².